The third kappa shape index (κ3) is 1.76. The first-order valence-corrected chi connectivity index (χ1v) is 6.67. The average Bonchev–Trinajstić information content (AvgIpc) is 3.29. The van der Waals surface area contributed by atoms with Gasteiger partial charge in [-0.25, -0.2) is 4.79 Å². The van der Waals surface area contributed by atoms with E-state index in [9.17, 15) is 9.90 Å². The number of rotatable bonds is 4. The standard InChI is InChI=1S/C16H17NO3/c1-20-13-9-6-10-4-2-3-5-12(10)14(13)16(17,15(18)19)11-7-8-11/h2-6,9,11H,7-8,17H2,1H3,(H,18,19). The number of fused-ring (bicyclic) bond motifs is 1. The molecule has 0 aliphatic heterocycles. The normalized spacial score (nSPS) is 17.7. The van der Waals surface area contributed by atoms with E-state index >= 15 is 0 Å². The predicted octanol–water partition coefficient (Wildman–Crippen LogP) is 2.50. The third-order valence-corrected chi connectivity index (χ3v) is 4.10. The van der Waals surface area contributed by atoms with Crippen LogP contribution in [0.2, 0.25) is 0 Å². The molecule has 0 heterocycles. The van der Waals surface area contributed by atoms with Crippen LogP contribution in [0.1, 0.15) is 18.4 Å². The van der Waals surface area contributed by atoms with Crippen LogP contribution in [-0.2, 0) is 10.3 Å². The topological polar surface area (TPSA) is 72.5 Å². The summed E-state index contributed by atoms with van der Waals surface area (Å²) in [4.78, 5) is 11.8. The molecule has 0 spiro atoms. The molecule has 1 unspecified atom stereocenters. The Labute approximate surface area is 117 Å². The zero-order valence-electron chi connectivity index (χ0n) is 11.3. The summed E-state index contributed by atoms with van der Waals surface area (Å²) in [6.45, 7) is 0. The van der Waals surface area contributed by atoms with Crippen molar-refractivity contribution in [2.45, 2.75) is 18.4 Å². The van der Waals surface area contributed by atoms with Crippen LogP contribution in [0.5, 0.6) is 5.75 Å². The molecule has 4 heteroatoms. The molecular formula is C16H17NO3. The Bertz CT molecular complexity index is 678. The Kier molecular flexibility index (Phi) is 2.91. The van der Waals surface area contributed by atoms with Gasteiger partial charge in [-0.05, 0) is 35.6 Å². The van der Waals surface area contributed by atoms with Gasteiger partial charge in [-0.2, -0.15) is 0 Å². The van der Waals surface area contributed by atoms with Crippen LogP contribution >= 0.6 is 0 Å². The quantitative estimate of drug-likeness (QED) is 0.896. The molecule has 0 bridgehead atoms. The Morgan fingerprint density at radius 3 is 2.60 bits per heavy atom. The van der Waals surface area contributed by atoms with Crippen LogP contribution in [0.25, 0.3) is 10.8 Å². The molecule has 3 rings (SSSR count). The van der Waals surface area contributed by atoms with Gasteiger partial charge >= 0.3 is 5.97 Å². The summed E-state index contributed by atoms with van der Waals surface area (Å²) in [5.74, 6) is -0.477. The van der Waals surface area contributed by atoms with Crippen molar-refractivity contribution in [3.63, 3.8) is 0 Å². The highest BCUT2D eigenvalue weighted by Gasteiger charge is 2.51. The van der Waals surface area contributed by atoms with E-state index in [4.69, 9.17) is 10.5 Å². The minimum atomic E-state index is -1.38. The number of hydrogen-bond acceptors (Lipinski definition) is 3. The zero-order valence-corrected chi connectivity index (χ0v) is 11.3. The zero-order chi connectivity index (χ0) is 14.3. The first-order chi connectivity index (χ1) is 9.59. The number of carboxylic acids is 1. The molecule has 1 atom stereocenters. The number of benzene rings is 2. The summed E-state index contributed by atoms with van der Waals surface area (Å²) < 4.78 is 5.38. The van der Waals surface area contributed by atoms with E-state index in [1.165, 1.54) is 0 Å². The first kappa shape index (κ1) is 12.9. The second-order valence-corrected chi connectivity index (χ2v) is 5.31. The fourth-order valence-corrected chi connectivity index (χ4v) is 2.87. The van der Waals surface area contributed by atoms with Crippen LogP contribution in [0.3, 0.4) is 0 Å². The lowest BCUT2D eigenvalue weighted by Gasteiger charge is -2.28. The number of carboxylic acid groups (broad SMARTS) is 1. The van der Waals surface area contributed by atoms with E-state index in [2.05, 4.69) is 0 Å². The van der Waals surface area contributed by atoms with Gasteiger partial charge in [0, 0.05) is 5.56 Å². The van der Waals surface area contributed by atoms with Gasteiger partial charge in [-0.3, -0.25) is 0 Å². The summed E-state index contributed by atoms with van der Waals surface area (Å²) >= 11 is 0. The Balaban J connectivity index is 2.35. The molecule has 2 aromatic carbocycles. The maximum absolute atomic E-state index is 11.8. The molecule has 1 aliphatic rings. The Morgan fingerprint density at radius 1 is 1.30 bits per heavy atom. The predicted molar refractivity (Wildman–Crippen MR) is 76.7 cm³/mol. The molecule has 0 saturated heterocycles. The molecular weight excluding hydrogens is 254 g/mol. The fourth-order valence-electron chi connectivity index (χ4n) is 2.87. The smallest absolute Gasteiger partial charge is 0.328 e. The molecule has 1 fully saturated rings. The van der Waals surface area contributed by atoms with Crippen LogP contribution in [0.4, 0.5) is 0 Å². The summed E-state index contributed by atoms with van der Waals surface area (Å²) in [5, 5.41) is 11.5. The molecule has 0 aromatic heterocycles. The minimum Gasteiger partial charge on any atom is -0.496 e. The highest BCUT2D eigenvalue weighted by molar-refractivity contribution is 5.95. The number of aliphatic carboxylic acids is 1. The monoisotopic (exact) mass is 271 g/mol. The SMILES string of the molecule is COc1ccc2ccccc2c1C(N)(C(=O)O)C1CC1. The van der Waals surface area contributed by atoms with Crippen molar-refractivity contribution in [2.75, 3.05) is 7.11 Å². The van der Waals surface area contributed by atoms with E-state index in [0.29, 0.717) is 11.3 Å². The lowest BCUT2D eigenvalue weighted by atomic mass is 9.82. The largest absolute Gasteiger partial charge is 0.496 e. The van der Waals surface area contributed by atoms with E-state index in [0.717, 1.165) is 23.6 Å². The molecule has 4 nitrogen and oxygen atoms in total. The highest BCUT2D eigenvalue weighted by atomic mass is 16.5. The van der Waals surface area contributed by atoms with Crippen molar-refractivity contribution in [3.05, 3.63) is 42.0 Å². The molecule has 104 valence electrons. The van der Waals surface area contributed by atoms with Crippen LogP contribution in [0, 0.1) is 5.92 Å². The Morgan fingerprint density at radius 2 is 2.00 bits per heavy atom. The van der Waals surface area contributed by atoms with Crippen LogP contribution in [-0.4, -0.2) is 18.2 Å². The van der Waals surface area contributed by atoms with E-state index in [-0.39, 0.29) is 5.92 Å². The van der Waals surface area contributed by atoms with Crippen molar-refractivity contribution in [3.8, 4) is 5.75 Å². The minimum absolute atomic E-state index is 0.0280. The first-order valence-electron chi connectivity index (χ1n) is 6.67. The number of nitrogens with two attached hydrogens (primary N) is 1. The third-order valence-electron chi connectivity index (χ3n) is 4.10. The van der Waals surface area contributed by atoms with Crippen molar-refractivity contribution in [1.29, 1.82) is 0 Å². The molecule has 0 radical (unpaired) electrons. The average molecular weight is 271 g/mol. The summed E-state index contributed by atoms with van der Waals surface area (Å²) in [5.41, 5.74) is 5.54. The lowest BCUT2D eigenvalue weighted by Crippen LogP contribution is -2.47. The lowest BCUT2D eigenvalue weighted by molar-refractivity contribution is -0.144. The van der Waals surface area contributed by atoms with Gasteiger partial charge in [0.05, 0.1) is 7.11 Å². The molecule has 3 N–H and O–H groups in total. The van der Waals surface area contributed by atoms with Gasteiger partial charge < -0.3 is 15.6 Å². The summed E-state index contributed by atoms with van der Waals surface area (Å²) in [7, 11) is 1.54. The fraction of sp³-hybridized carbons (Fsp3) is 0.312. The van der Waals surface area contributed by atoms with Crippen molar-refractivity contribution < 1.29 is 14.6 Å². The van der Waals surface area contributed by atoms with Crippen LogP contribution < -0.4 is 10.5 Å². The second kappa shape index (κ2) is 4.49. The van der Waals surface area contributed by atoms with Crippen LogP contribution in [0.15, 0.2) is 36.4 Å². The van der Waals surface area contributed by atoms with E-state index < -0.39 is 11.5 Å². The van der Waals surface area contributed by atoms with Crippen molar-refractivity contribution in [2.24, 2.45) is 11.7 Å². The summed E-state index contributed by atoms with van der Waals surface area (Å²) in [6.07, 6.45) is 1.68. The maximum Gasteiger partial charge on any atom is 0.328 e. The van der Waals surface area contributed by atoms with E-state index in [1.54, 1.807) is 13.2 Å². The highest BCUT2D eigenvalue weighted by Crippen LogP contribution is 2.48. The van der Waals surface area contributed by atoms with Gasteiger partial charge in [-0.15, -0.1) is 0 Å². The van der Waals surface area contributed by atoms with Gasteiger partial charge in [0.2, 0.25) is 0 Å². The van der Waals surface area contributed by atoms with Gasteiger partial charge in [-0.1, -0.05) is 30.3 Å². The molecule has 0 amide bonds. The molecule has 2 aromatic rings. The number of ether oxygens (including phenoxy) is 1. The second-order valence-electron chi connectivity index (χ2n) is 5.31. The van der Waals surface area contributed by atoms with Crippen molar-refractivity contribution in [1.82, 2.24) is 0 Å². The number of hydrogen-bond donors (Lipinski definition) is 2. The van der Waals surface area contributed by atoms with Gasteiger partial charge in [0.15, 0.2) is 0 Å². The number of carbonyl (C=O) groups is 1. The maximum atomic E-state index is 11.8. The van der Waals surface area contributed by atoms with Gasteiger partial charge in [0.1, 0.15) is 11.3 Å². The molecule has 1 saturated carbocycles. The van der Waals surface area contributed by atoms with Gasteiger partial charge in [0.25, 0.3) is 0 Å². The Hall–Kier alpha value is -2.07. The van der Waals surface area contributed by atoms with E-state index in [1.807, 2.05) is 30.3 Å². The summed E-state index contributed by atoms with van der Waals surface area (Å²) in [6, 6.07) is 11.4. The number of methoxy groups -OCH3 is 1. The molecule has 1 aliphatic carbocycles. The van der Waals surface area contributed by atoms with Crippen molar-refractivity contribution >= 4 is 16.7 Å². The molecule has 20 heavy (non-hydrogen) atoms.